The standard InChI is InChI=1S/C15H22O6/c1-7-3-9-14(5-16,11(19)10(7)18)13(2)4-8(17)12(21-9)15(13)6-20-15/h3,8-12,16-19H,4-6H2,1-2H3. The van der Waals surface area contributed by atoms with Crippen LogP contribution < -0.4 is 0 Å². The Balaban J connectivity index is 1.93. The number of ether oxygens (including phenoxy) is 2. The van der Waals surface area contributed by atoms with Crippen LogP contribution in [0.15, 0.2) is 11.6 Å². The van der Waals surface area contributed by atoms with Gasteiger partial charge in [-0.05, 0) is 18.9 Å². The van der Waals surface area contributed by atoms with E-state index in [0.29, 0.717) is 18.6 Å². The molecule has 21 heavy (non-hydrogen) atoms. The van der Waals surface area contributed by atoms with Crippen molar-refractivity contribution < 1.29 is 29.9 Å². The summed E-state index contributed by atoms with van der Waals surface area (Å²) in [6, 6.07) is 0. The fourth-order valence-electron chi connectivity index (χ4n) is 5.17. The molecule has 2 saturated heterocycles. The number of hydrogen-bond acceptors (Lipinski definition) is 6. The van der Waals surface area contributed by atoms with Crippen LogP contribution in [0.2, 0.25) is 0 Å². The third-order valence-electron chi connectivity index (χ3n) is 6.61. The van der Waals surface area contributed by atoms with Gasteiger partial charge in [0.1, 0.15) is 17.8 Å². The molecule has 2 bridgehead atoms. The summed E-state index contributed by atoms with van der Waals surface area (Å²) in [5, 5.41) is 41.6. The van der Waals surface area contributed by atoms with E-state index in [4.69, 9.17) is 9.47 Å². The number of fused-ring (bicyclic) bond motifs is 2. The maximum absolute atomic E-state index is 10.8. The molecule has 1 saturated carbocycles. The molecular formula is C15H22O6. The normalized spacial score (nSPS) is 61.6. The van der Waals surface area contributed by atoms with E-state index in [-0.39, 0.29) is 6.61 Å². The van der Waals surface area contributed by atoms with Gasteiger partial charge in [0.2, 0.25) is 0 Å². The second-order valence-electron chi connectivity index (χ2n) is 7.26. The first-order chi connectivity index (χ1) is 9.84. The van der Waals surface area contributed by atoms with Crippen LogP contribution in [-0.4, -0.2) is 69.8 Å². The van der Waals surface area contributed by atoms with E-state index in [2.05, 4.69) is 0 Å². The molecule has 4 N–H and O–H groups in total. The van der Waals surface area contributed by atoms with Gasteiger partial charge in [-0.15, -0.1) is 0 Å². The molecule has 118 valence electrons. The lowest BCUT2D eigenvalue weighted by atomic mass is 9.50. The van der Waals surface area contributed by atoms with Gasteiger partial charge in [0.25, 0.3) is 0 Å². The van der Waals surface area contributed by atoms with Crippen LogP contribution in [0.5, 0.6) is 0 Å². The predicted molar refractivity (Wildman–Crippen MR) is 71.4 cm³/mol. The molecule has 2 aliphatic carbocycles. The lowest BCUT2D eigenvalue weighted by molar-refractivity contribution is -0.261. The minimum Gasteiger partial charge on any atom is -0.396 e. The highest BCUT2D eigenvalue weighted by Gasteiger charge is 2.82. The topological polar surface area (TPSA) is 103 Å². The molecular weight excluding hydrogens is 276 g/mol. The number of epoxide rings is 1. The van der Waals surface area contributed by atoms with Crippen LogP contribution >= 0.6 is 0 Å². The lowest BCUT2D eigenvalue weighted by Gasteiger charge is -2.59. The Kier molecular flexibility index (Phi) is 2.60. The van der Waals surface area contributed by atoms with E-state index >= 15 is 0 Å². The van der Waals surface area contributed by atoms with Gasteiger partial charge in [-0.25, -0.2) is 0 Å². The molecule has 4 aliphatic rings. The summed E-state index contributed by atoms with van der Waals surface area (Å²) < 4.78 is 11.7. The van der Waals surface area contributed by atoms with Gasteiger partial charge in [-0.3, -0.25) is 0 Å². The zero-order chi connectivity index (χ0) is 15.2. The van der Waals surface area contributed by atoms with Gasteiger partial charge in [0.05, 0.1) is 36.9 Å². The molecule has 4 rings (SSSR count). The number of aliphatic hydroxyl groups is 4. The third-order valence-corrected chi connectivity index (χ3v) is 6.61. The van der Waals surface area contributed by atoms with Gasteiger partial charge in [-0.1, -0.05) is 13.0 Å². The molecule has 0 amide bonds. The molecule has 0 radical (unpaired) electrons. The van der Waals surface area contributed by atoms with Gasteiger partial charge < -0.3 is 29.9 Å². The fourth-order valence-corrected chi connectivity index (χ4v) is 5.17. The Morgan fingerprint density at radius 2 is 2.00 bits per heavy atom. The first-order valence-corrected chi connectivity index (χ1v) is 7.47. The highest BCUT2D eigenvalue weighted by atomic mass is 16.6. The second-order valence-corrected chi connectivity index (χ2v) is 7.26. The van der Waals surface area contributed by atoms with Crippen LogP contribution in [0.3, 0.4) is 0 Å². The second kappa shape index (κ2) is 3.88. The lowest BCUT2D eigenvalue weighted by Crippen LogP contribution is -2.71. The summed E-state index contributed by atoms with van der Waals surface area (Å²) in [5.74, 6) is 0. The van der Waals surface area contributed by atoms with Crippen molar-refractivity contribution in [2.75, 3.05) is 13.2 Å². The van der Waals surface area contributed by atoms with E-state index in [0.717, 1.165) is 0 Å². The molecule has 6 heteroatoms. The molecule has 0 aromatic rings. The SMILES string of the molecule is CC1=CC2OC3C(O)CC(C)(C34CO4)C2(CO)C(O)C1O. The number of rotatable bonds is 1. The summed E-state index contributed by atoms with van der Waals surface area (Å²) in [6.45, 7) is 3.78. The maximum Gasteiger partial charge on any atom is 0.126 e. The average molecular weight is 298 g/mol. The van der Waals surface area contributed by atoms with Crippen molar-refractivity contribution in [3.63, 3.8) is 0 Å². The smallest absolute Gasteiger partial charge is 0.126 e. The molecule has 0 aromatic heterocycles. The van der Waals surface area contributed by atoms with Crippen LogP contribution in [0.25, 0.3) is 0 Å². The Morgan fingerprint density at radius 1 is 1.33 bits per heavy atom. The molecule has 0 aromatic carbocycles. The van der Waals surface area contributed by atoms with Crippen molar-refractivity contribution in [3.05, 3.63) is 11.6 Å². The summed E-state index contributed by atoms with van der Waals surface area (Å²) in [7, 11) is 0. The van der Waals surface area contributed by atoms with Gasteiger partial charge in [0, 0.05) is 5.41 Å². The minimum absolute atomic E-state index is 0.333. The molecule has 6 nitrogen and oxygen atoms in total. The zero-order valence-corrected chi connectivity index (χ0v) is 12.2. The first-order valence-electron chi connectivity index (χ1n) is 7.47. The zero-order valence-electron chi connectivity index (χ0n) is 12.2. The Labute approximate surface area is 123 Å². The monoisotopic (exact) mass is 298 g/mol. The van der Waals surface area contributed by atoms with Crippen LogP contribution in [-0.2, 0) is 9.47 Å². The maximum atomic E-state index is 10.8. The molecule has 8 atom stereocenters. The highest BCUT2D eigenvalue weighted by Crippen LogP contribution is 2.71. The average Bonchev–Trinajstić information content (AvgIpc) is 3.20. The van der Waals surface area contributed by atoms with E-state index in [1.165, 1.54) is 0 Å². The van der Waals surface area contributed by atoms with E-state index in [1.807, 2.05) is 6.92 Å². The Morgan fingerprint density at radius 3 is 2.57 bits per heavy atom. The molecule has 2 aliphatic heterocycles. The van der Waals surface area contributed by atoms with Gasteiger partial charge >= 0.3 is 0 Å². The third kappa shape index (κ3) is 1.27. The van der Waals surface area contributed by atoms with E-state index in [9.17, 15) is 20.4 Å². The highest BCUT2D eigenvalue weighted by molar-refractivity contribution is 5.35. The van der Waals surface area contributed by atoms with Crippen molar-refractivity contribution >= 4 is 0 Å². The molecule has 2 heterocycles. The van der Waals surface area contributed by atoms with Crippen molar-refractivity contribution in [1.82, 2.24) is 0 Å². The van der Waals surface area contributed by atoms with E-state index in [1.54, 1.807) is 13.0 Å². The molecule has 8 unspecified atom stereocenters. The first kappa shape index (κ1) is 14.1. The van der Waals surface area contributed by atoms with Crippen molar-refractivity contribution in [2.24, 2.45) is 10.8 Å². The van der Waals surface area contributed by atoms with Crippen LogP contribution in [0, 0.1) is 10.8 Å². The van der Waals surface area contributed by atoms with Crippen LogP contribution in [0.1, 0.15) is 20.3 Å². The van der Waals surface area contributed by atoms with E-state index < -0.39 is 47.0 Å². The number of hydrogen-bond donors (Lipinski definition) is 4. The van der Waals surface area contributed by atoms with Gasteiger partial charge in [-0.2, -0.15) is 0 Å². The van der Waals surface area contributed by atoms with Crippen molar-refractivity contribution in [1.29, 1.82) is 0 Å². The molecule has 1 spiro atoms. The van der Waals surface area contributed by atoms with Gasteiger partial charge in [0.15, 0.2) is 0 Å². The summed E-state index contributed by atoms with van der Waals surface area (Å²) in [5.41, 5.74) is -1.76. The fraction of sp³-hybridized carbons (Fsp3) is 0.867. The Bertz CT molecular complexity index is 514. The predicted octanol–water partition coefficient (Wildman–Crippen LogP) is -1.05. The summed E-state index contributed by atoms with van der Waals surface area (Å²) in [6.07, 6.45) is -1.72. The van der Waals surface area contributed by atoms with Crippen molar-refractivity contribution in [3.8, 4) is 0 Å². The number of aliphatic hydroxyl groups excluding tert-OH is 4. The quantitative estimate of drug-likeness (QED) is 0.364. The largest absolute Gasteiger partial charge is 0.396 e. The summed E-state index contributed by atoms with van der Waals surface area (Å²) >= 11 is 0. The van der Waals surface area contributed by atoms with Crippen LogP contribution in [0.4, 0.5) is 0 Å². The Hall–Kier alpha value is -0.500. The minimum atomic E-state index is -1.16. The van der Waals surface area contributed by atoms with Crippen molar-refractivity contribution in [2.45, 2.75) is 56.4 Å². The molecule has 3 fully saturated rings. The summed E-state index contributed by atoms with van der Waals surface area (Å²) in [4.78, 5) is 0.